The van der Waals surface area contributed by atoms with Gasteiger partial charge in [-0.05, 0) is 23.8 Å². The lowest BCUT2D eigenvalue weighted by Gasteiger charge is -2.20. The number of anilines is 2. The number of hydrogen-bond donors (Lipinski definition) is 1. The molecule has 3 heterocycles. The molecule has 9 heteroatoms. The Labute approximate surface area is 160 Å². The summed E-state index contributed by atoms with van der Waals surface area (Å²) >= 11 is 0. The fourth-order valence-corrected chi connectivity index (χ4v) is 3.50. The lowest BCUT2D eigenvalue weighted by atomic mass is 10.2. The Bertz CT molecular complexity index is 952. The Kier molecular flexibility index (Phi) is 4.50. The minimum absolute atomic E-state index is 0.209. The molecule has 1 N–H and O–H groups in total. The van der Waals surface area contributed by atoms with E-state index < -0.39 is 18.0 Å². The largest absolute Gasteiger partial charge is 0.619 e. The van der Waals surface area contributed by atoms with E-state index in [1.165, 1.54) is 30.3 Å². The highest BCUT2D eigenvalue weighted by atomic mass is 19.1. The standard InChI is InChI=1S/C19H19FN4O4/c1-12(25)21-7-16-11-24(19(26)28-16)15-2-3-18(17(20)6-15)22-8-13-4-5-23(27)10-14(13)9-22/h2-6,10,16H,7-9,11H2,1H3,(H,21,25)/t16-/m0/s1. The third-order valence-electron chi connectivity index (χ3n) is 4.88. The molecule has 146 valence electrons. The number of pyridine rings is 1. The lowest BCUT2D eigenvalue weighted by molar-refractivity contribution is -0.605. The molecule has 0 aliphatic carbocycles. The summed E-state index contributed by atoms with van der Waals surface area (Å²) in [6, 6.07) is 6.33. The smallest absolute Gasteiger partial charge is 0.414 e. The Morgan fingerprint density at radius 3 is 2.89 bits per heavy atom. The van der Waals surface area contributed by atoms with Crippen LogP contribution in [0.4, 0.5) is 20.6 Å². The Balaban J connectivity index is 1.48. The van der Waals surface area contributed by atoms with Gasteiger partial charge in [-0.3, -0.25) is 9.69 Å². The molecular weight excluding hydrogens is 367 g/mol. The molecule has 1 aromatic carbocycles. The third kappa shape index (κ3) is 3.42. The molecule has 0 unspecified atom stereocenters. The molecule has 0 bridgehead atoms. The van der Waals surface area contributed by atoms with Gasteiger partial charge in [-0.2, -0.15) is 4.73 Å². The topological polar surface area (TPSA) is 88.8 Å². The summed E-state index contributed by atoms with van der Waals surface area (Å²) in [7, 11) is 0. The van der Waals surface area contributed by atoms with Gasteiger partial charge in [0.2, 0.25) is 5.91 Å². The first-order valence-electron chi connectivity index (χ1n) is 8.88. The molecule has 0 radical (unpaired) electrons. The number of carbonyl (C=O) groups is 2. The van der Waals surface area contributed by atoms with Crippen LogP contribution in [0.5, 0.6) is 0 Å². The number of carbonyl (C=O) groups excluding carboxylic acids is 2. The van der Waals surface area contributed by atoms with Crippen molar-refractivity contribution in [3.05, 3.63) is 58.8 Å². The molecule has 2 aliphatic rings. The summed E-state index contributed by atoms with van der Waals surface area (Å²) in [6.07, 6.45) is 1.87. The van der Waals surface area contributed by atoms with Gasteiger partial charge in [-0.15, -0.1) is 0 Å². The zero-order valence-corrected chi connectivity index (χ0v) is 15.2. The van der Waals surface area contributed by atoms with Gasteiger partial charge in [0.15, 0.2) is 12.4 Å². The van der Waals surface area contributed by atoms with Gasteiger partial charge in [-0.25, -0.2) is 9.18 Å². The van der Waals surface area contributed by atoms with E-state index in [2.05, 4.69) is 5.32 Å². The summed E-state index contributed by atoms with van der Waals surface area (Å²) in [5.74, 6) is -0.669. The fourth-order valence-electron chi connectivity index (χ4n) is 3.50. The SMILES string of the molecule is CC(=O)NC[C@H]1CN(c2ccc(N3Cc4cc[n+]([O-])cc4C3)c(F)c2)C(=O)O1. The molecule has 1 saturated heterocycles. The first-order chi connectivity index (χ1) is 13.4. The van der Waals surface area contributed by atoms with E-state index >= 15 is 0 Å². The highest BCUT2D eigenvalue weighted by Crippen LogP contribution is 2.32. The van der Waals surface area contributed by atoms with Crippen molar-refractivity contribution < 1.29 is 23.4 Å². The number of ether oxygens (including phenoxy) is 1. The number of rotatable bonds is 4. The van der Waals surface area contributed by atoms with Crippen LogP contribution in [0, 0.1) is 11.0 Å². The van der Waals surface area contributed by atoms with Crippen molar-refractivity contribution in [3.8, 4) is 0 Å². The quantitative estimate of drug-likeness (QED) is 0.635. The number of nitrogens with one attached hydrogen (secondary N) is 1. The summed E-state index contributed by atoms with van der Waals surface area (Å²) in [5.41, 5.74) is 2.65. The second-order valence-corrected chi connectivity index (χ2v) is 6.90. The molecule has 2 amide bonds. The van der Waals surface area contributed by atoms with Crippen molar-refractivity contribution in [1.29, 1.82) is 0 Å². The second-order valence-electron chi connectivity index (χ2n) is 6.90. The molecule has 28 heavy (non-hydrogen) atoms. The van der Waals surface area contributed by atoms with Crippen LogP contribution in [-0.2, 0) is 22.6 Å². The van der Waals surface area contributed by atoms with Gasteiger partial charge in [0.25, 0.3) is 0 Å². The first kappa shape index (κ1) is 18.0. The van der Waals surface area contributed by atoms with Crippen LogP contribution < -0.4 is 19.8 Å². The molecular formula is C19H19FN4O4. The maximum absolute atomic E-state index is 14.8. The fraction of sp³-hybridized carbons (Fsp3) is 0.316. The highest BCUT2D eigenvalue weighted by molar-refractivity contribution is 5.90. The van der Waals surface area contributed by atoms with Crippen LogP contribution in [0.2, 0.25) is 0 Å². The van der Waals surface area contributed by atoms with Gasteiger partial charge < -0.3 is 20.2 Å². The van der Waals surface area contributed by atoms with Crippen LogP contribution in [0.3, 0.4) is 0 Å². The van der Waals surface area contributed by atoms with Crippen LogP contribution in [0.15, 0.2) is 36.7 Å². The number of hydrogen-bond acceptors (Lipinski definition) is 5. The Hall–Kier alpha value is -3.36. The Morgan fingerprint density at radius 2 is 2.14 bits per heavy atom. The van der Waals surface area contributed by atoms with E-state index in [1.807, 2.05) is 4.90 Å². The number of halogens is 1. The van der Waals surface area contributed by atoms with E-state index in [0.717, 1.165) is 15.9 Å². The molecule has 1 aromatic heterocycles. The highest BCUT2D eigenvalue weighted by Gasteiger charge is 2.33. The van der Waals surface area contributed by atoms with Gasteiger partial charge >= 0.3 is 6.09 Å². The molecule has 2 aromatic rings. The molecule has 1 fully saturated rings. The number of nitrogens with zero attached hydrogens (tertiary/aromatic N) is 3. The molecule has 2 aliphatic heterocycles. The summed E-state index contributed by atoms with van der Waals surface area (Å²) in [4.78, 5) is 26.3. The van der Waals surface area contributed by atoms with E-state index in [-0.39, 0.29) is 19.0 Å². The molecule has 8 nitrogen and oxygen atoms in total. The predicted octanol–water partition coefficient (Wildman–Crippen LogP) is 1.44. The number of fused-ring (bicyclic) bond motifs is 1. The number of aromatic nitrogens is 1. The first-order valence-corrected chi connectivity index (χ1v) is 8.88. The van der Waals surface area contributed by atoms with Gasteiger partial charge in [0, 0.05) is 31.6 Å². The van der Waals surface area contributed by atoms with E-state index in [9.17, 15) is 19.2 Å². The Morgan fingerprint density at radius 1 is 1.36 bits per heavy atom. The minimum Gasteiger partial charge on any atom is -0.619 e. The van der Waals surface area contributed by atoms with Crippen LogP contribution in [0.1, 0.15) is 18.1 Å². The van der Waals surface area contributed by atoms with Crippen molar-refractivity contribution in [2.75, 3.05) is 22.9 Å². The van der Waals surface area contributed by atoms with Crippen LogP contribution in [-0.4, -0.2) is 31.2 Å². The minimum atomic E-state index is -0.573. The maximum atomic E-state index is 14.8. The van der Waals surface area contributed by atoms with Crippen molar-refractivity contribution >= 4 is 23.4 Å². The monoisotopic (exact) mass is 386 g/mol. The predicted molar refractivity (Wildman–Crippen MR) is 98.0 cm³/mol. The normalized spacial score (nSPS) is 18.2. The molecule has 1 atom stereocenters. The van der Waals surface area contributed by atoms with Crippen LogP contribution in [0.25, 0.3) is 0 Å². The summed E-state index contributed by atoms with van der Waals surface area (Å²) < 4.78 is 20.7. The van der Waals surface area contributed by atoms with E-state index in [1.54, 1.807) is 18.2 Å². The van der Waals surface area contributed by atoms with Gasteiger partial charge in [-0.1, -0.05) is 0 Å². The second kappa shape index (κ2) is 6.99. The number of cyclic esters (lactones) is 1. The summed E-state index contributed by atoms with van der Waals surface area (Å²) in [5, 5.41) is 14.0. The van der Waals surface area contributed by atoms with E-state index in [4.69, 9.17) is 4.74 Å². The van der Waals surface area contributed by atoms with E-state index in [0.29, 0.717) is 24.5 Å². The van der Waals surface area contributed by atoms with Crippen molar-refractivity contribution in [3.63, 3.8) is 0 Å². The zero-order chi connectivity index (χ0) is 19.8. The third-order valence-corrected chi connectivity index (χ3v) is 4.88. The average molecular weight is 386 g/mol. The van der Waals surface area contributed by atoms with Gasteiger partial charge in [0.1, 0.15) is 11.9 Å². The average Bonchev–Trinajstić information content (AvgIpc) is 3.22. The van der Waals surface area contributed by atoms with Crippen molar-refractivity contribution in [1.82, 2.24) is 5.32 Å². The number of benzene rings is 1. The summed E-state index contributed by atoms with van der Waals surface area (Å²) in [6.45, 7) is 2.78. The molecule has 0 saturated carbocycles. The molecule has 4 rings (SSSR count). The van der Waals surface area contributed by atoms with Crippen molar-refractivity contribution in [2.24, 2.45) is 0 Å². The zero-order valence-electron chi connectivity index (χ0n) is 15.2. The number of amides is 2. The maximum Gasteiger partial charge on any atom is 0.414 e. The van der Waals surface area contributed by atoms with Gasteiger partial charge in [0.05, 0.1) is 24.5 Å². The lowest BCUT2D eigenvalue weighted by Crippen LogP contribution is -2.33. The van der Waals surface area contributed by atoms with Crippen molar-refractivity contribution in [2.45, 2.75) is 26.1 Å². The molecule has 0 spiro atoms. The van der Waals surface area contributed by atoms with Crippen LogP contribution >= 0.6 is 0 Å².